The predicted octanol–water partition coefficient (Wildman–Crippen LogP) is 3.87. The third-order valence-corrected chi connectivity index (χ3v) is 6.41. The number of pyridine rings is 2. The lowest BCUT2D eigenvalue weighted by molar-refractivity contribution is -0.0274. The summed E-state index contributed by atoms with van der Waals surface area (Å²) in [6.45, 7) is 7.10. The van der Waals surface area contributed by atoms with E-state index in [2.05, 4.69) is 24.9 Å². The van der Waals surface area contributed by atoms with E-state index in [0.717, 1.165) is 56.1 Å². The van der Waals surface area contributed by atoms with Crippen molar-refractivity contribution in [3.05, 3.63) is 83.3 Å². The van der Waals surface area contributed by atoms with Crippen LogP contribution in [-0.2, 0) is 11.4 Å². The van der Waals surface area contributed by atoms with Gasteiger partial charge in [0.1, 0.15) is 12.3 Å². The van der Waals surface area contributed by atoms with E-state index in [9.17, 15) is 8.78 Å². The quantitative estimate of drug-likeness (QED) is 0.361. The Morgan fingerprint density at radius 3 is 2.54 bits per heavy atom. The summed E-state index contributed by atoms with van der Waals surface area (Å²) in [6, 6.07) is 11.5. The van der Waals surface area contributed by atoms with Crippen molar-refractivity contribution < 1.29 is 18.4 Å². The summed E-state index contributed by atoms with van der Waals surface area (Å²) < 4.78 is 32.4. The second kappa shape index (κ2) is 9.58. The number of hydrogen-bond acceptors (Lipinski definition) is 7. The van der Waals surface area contributed by atoms with Gasteiger partial charge in [-0.15, -0.1) is 0 Å². The number of halogens is 2. The van der Waals surface area contributed by atoms with Crippen LogP contribution in [0.1, 0.15) is 23.7 Å². The number of rotatable bonds is 8. The average Bonchev–Trinajstić information content (AvgIpc) is 2.83. The molecule has 5 rings (SSSR count). The molecule has 1 aromatic carbocycles. The number of benzene rings is 1. The fraction of sp³-hybridized carbons (Fsp3) is 0.346. The molecule has 35 heavy (non-hydrogen) atoms. The highest BCUT2D eigenvalue weighted by atomic mass is 19.2. The SMILES string of the molecule is CCO/N=C(\c1ccc(F)c(F)c1)c1ccc(CN2CC3(C2)CN(c2ccnc(OC)c2)C3)cn1. The molecule has 0 bridgehead atoms. The fourth-order valence-electron chi connectivity index (χ4n) is 4.80. The van der Waals surface area contributed by atoms with Gasteiger partial charge < -0.3 is 14.5 Å². The van der Waals surface area contributed by atoms with Crippen LogP contribution in [0, 0.1) is 17.0 Å². The lowest BCUT2D eigenvalue weighted by atomic mass is 9.72. The van der Waals surface area contributed by atoms with Crippen LogP contribution in [-0.4, -0.2) is 60.5 Å². The van der Waals surface area contributed by atoms with Crippen LogP contribution >= 0.6 is 0 Å². The largest absolute Gasteiger partial charge is 0.481 e. The summed E-state index contributed by atoms with van der Waals surface area (Å²) in [5.74, 6) is -1.21. The zero-order valence-electron chi connectivity index (χ0n) is 19.7. The van der Waals surface area contributed by atoms with E-state index < -0.39 is 11.6 Å². The molecule has 0 aliphatic carbocycles. The first kappa shape index (κ1) is 23.2. The van der Waals surface area contributed by atoms with Gasteiger partial charge in [-0.05, 0) is 42.8 Å². The number of oxime groups is 1. The normalized spacial score (nSPS) is 17.1. The molecule has 3 aromatic rings. The second-order valence-electron chi connectivity index (χ2n) is 9.10. The van der Waals surface area contributed by atoms with Gasteiger partial charge >= 0.3 is 0 Å². The average molecular weight is 480 g/mol. The second-order valence-corrected chi connectivity index (χ2v) is 9.10. The highest BCUT2D eigenvalue weighted by Crippen LogP contribution is 2.42. The number of likely N-dealkylation sites (tertiary alicyclic amines) is 1. The number of ether oxygens (including phenoxy) is 1. The Hall–Kier alpha value is -3.59. The Morgan fingerprint density at radius 1 is 1.03 bits per heavy atom. The van der Waals surface area contributed by atoms with Crippen LogP contribution in [0.3, 0.4) is 0 Å². The van der Waals surface area contributed by atoms with E-state index in [1.165, 1.54) is 6.07 Å². The van der Waals surface area contributed by atoms with Crippen LogP contribution in [0.25, 0.3) is 0 Å². The first-order valence-electron chi connectivity index (χ1n) is 11.6. The predicted molar refractivity (Wildman–Crippen MR) is 129 cm³/mol. The van der Waals surface area contributed by atoms with Gasteiger partial charge in [0.15, 0.2) is 11.6 Å². The fourth-order valence-corrected chi connectivity index (χ4v) is 4.80. The van der Waals surface area contributed by atoms with Gasteiger partial charge in [0.2, 0.25) is 5.88 Å². The summed E-state index contributed by atoms with van der Waals surface area (Å²) in [7, 11) is 1.63. The van der Waals surface area contributed by atoms with Crippen molar-refractivity contribution >= 4 is 11.4 Å². The molecule has 0 radical (unpaired) electrons. The van der Waals surface area contributed by atoms with Crippen molar-refractivity contribution in [2.75, 3.05) is 44.8 Å². The topological polar surface area (TPSA) is 63.1 Å². The van der Waals surface area contributed by atoms with Crippen molar-refractivity contribution in [3.8, 4) is 5.88 Å². The minimum Gasteiger partial charge on any atom is -0.481 e. The molecule has 0 N–H and O–H groups in total. The standard InChI is InChI=1S/C26H27F2N5O2/c1-3-35-31-25(19-5-6-21(27)22(28)10-19)23-7-4-18(12-30-23)13-32-14-26(15-32)16-33(17-26)20-8-9-29-24(11-20)34-2/h4-12H,3,13-17H2,1-2H3/b31-25+. The maximum absolute atomic E-state index is 13.8. The molecule has 182 valence electrons. The maximum atomic E-state index is 13.8. The summed E-state index contributed by atoms with van der Waals surface area (Å²) in [5, 5.41) is 4.09. The smallest absolute Gasteiger partial charge is 0.214 e. The van der Waals surface area contributed by atoms with Gasteiger partial charge in [0.05, 0.1) is 12.8 Å². The lowest BCUT2D eigenvalue weighted by Gasteiger charge is -2.61. The molecular formula is C26H27F2N5O2. The van der Waals surface area contributed by atoms with Crippen LogP contribution in [0.5, 0.6) is 5.88 Å². The zero-order valence-corrected chi connectivity index (χ0v) is 19.7. The third-order valence-electron chi connectivity index (χ3n) is 6.41. The Labute approximate surface area is 203 Å². The molecule has 2 saturated heterocycles. The van der Waals surface area contributed by atoms with E-state index in [1.807, 2.05) is 24.3 Å². The molecule has 0 unspecified atom stereocenters. The highest BCUT2D eigenvalue weighted by molar-refractivity contribution is 6.11. The molecule has 2 aliphatic rings. The molecule has 4 heterocycles. The van der Waals surface area contributed by atoms with E-state index in [4.69, 9.17) is 9.57 Å². The Balaban J connectivity index is 1.19. The van der Waals surface area contributed by atoms with Crippen molar-refractivity contribution in [3.63, 3.8) is 0 Å². The van der Waals surface area contributed by atoms with Crippen molar-refractivity contribution in [1.82, 2.24) is 14.9 Å². The van der Waals surface area contributed by atoms with Gasteiger partial charge in [-0.1, -0.05) is 11.2 Å². The Bertz CT molecular complexity index is 1220. The van der Waals surface area contributed by atoms with Crippen LogP contribution in [0.4, 0.5) is 14.5 Å². The van der Waals surface area contributed by atoms with Gasteiger partial charge in [-0.2, -0.15) is 0 Å². The number of aromatic nitrogens is 2. The molecule has 2 aromatic heterocycles. The Kier molecular flexibility index (Phi) is 6.34. The van der Waals surface area contributed by atoms with Crippen molar-refractivity contribution in [2.45, 2.75) is 13.5 Å². The van der Waals surface area contributed by atoms with Gasteiger partial charge in [0, 0.05) is 67.8 Å². The molecule has 1 spiro atoms. The summed E-state index contributed by atoms with van der Waals surface area (Å²) in [4.78, 5) is 18.7. The molecule has 7 nitrogen and oxygen atoms in total. The zero-order chi connectivity index (χ0) is 24.4. The van der Waals surface area contributed by atoms with E-state index in [-0.39, 0.29) is 0 Å². The van der Waals surface area contributed by atoms with E-state index in [0.29, 0.717) is 34.9 Å². The van der Waals surface area contributed by atoms with Gasteiger partial charge in [-0.3, -0.25) is 9.88 Å². The first-order valence-corrected chi connectivity index (χ1v) is 11.6. The summed E-state index contributed by atoms with van der Waals surface area (Å²) >= 11 is 0. The number of anilines is 1. The molecule has 2 aliphatic heterocycles. The van der Waals surface area contributed by atoms with E-state index in [1.54, 1.807) is 26.4 Å². The Morgan fingerprint density at radius 2 is 1.86 bits per heavy atom. The van der Waals surface area contributed by atoms with E-state index >= 15 is 0 Å². The van der Waals surface area contributed by atoms with Crippen molar-refractivity contribution in [1.29, 1.82) is 0 Å². The number of hydrogen-bond donors (Lipinski definition) is 0. The number of methoxy groups -OCH3 is 1. The summed E-state index contributed by atoms with van der Waals surface area (Å²) in [5.41, 5.74) is 3.88. The molecule has 0 amide bonds. The monoisotopic (exact) mass is 479 g/mol. The molecule has 9 heteroatoms. The highest BCUT2D eigenvalue weighted by Gasteiger charge is 2.51. The molecule has 0 saturated carbocycles. The summed E-state index contributed by atoms with van der Waals surface area (Å²) in [6.07, 6.45) is 3.58. The minimum atomic E-state index is -0.937. The first-order chi connectivity index (χ1) is 17.0. The van der Waals surface area contributed by atoms with Crippen LogP contribution < -0.4 is 9.64 Å². The van der Waals surface area contributed by atoms with Gasteiger partial charge in [-0.25, -0.2) is 13.8 Å². The van der Waals surface area contributed by atoms with Crippen LogP contribution in [0.2, 0.25) is 0 Å². The van der Waals surface area contributed by atoms with Crippen LogP contribution in [0.15, 0.2) is 60.0 Å². The molecular weight excluding hydrogens is 452 g/mol. The van der Waals surface area contributed by atoms with Crippen molar-refractivity contribution in [2.24, 2.45) is 10.6 Å². The molecule has 0 atom stereocenters. The maximum Gasteiger partial charge on any atom is 0.214 e. The molecule has 2 fully saturated rings. The van der Waals surface area contributed by atoms with Gasteiger partial charge in [0.25, 0.3) is 0 Å². The minimum absolute atomic E-state index is 0.341. The lowest BCUT2D eigenvalue weighted by Crippen LogP contribution is -2.71. The number of nitrogens with zero attached hydrogens (tertiary/aromatic N) is 5. The third kappa shape index (κ3) is 4.81.